The summed E-state index contributed by atoms with van der Waals surface area (Å²) in [6.45, 7) is 2.93. The van der Waals surface area contributed by atoms with Gasteiger partial charge in [0.05, 0.1) is 5.69 Å². The van der Waals surface area contributed by atoms with Crippen molar-refractivity contribution in [1.82, 2.24) is 20.1 Å². The number of H-pyrrole nitrogens is 2. The molecule has 2 aromatic heterocycles. The number of nitrogens with zero attached hydrogens (tertiary/aromatic N) is 3. The van der Waals surface area contributed by atoms with Crippen LogP contribution < -0.4 is 4.90 Å². The van der Waals surface area contributed by atoms with Crippen LogP contribution in [-0.4, -0.2) is 52.2 Å². The van der Waals surface area contributed by atoms with Crippen LogP contribution >= 0.6 is 0 Å². The lowest BCUT2D eigenvalue weighted by Crippen LogP contribution is -2.48. The molecule has 1 saturated heterocycles. The summed E-state index contributed by atoms with van der Waals surface area (Å²) >= 11 is 0. The van der Waals surface area contributed by atoms with E-state index in [4.69, 9.17) is 0 Å². The van der Waals surface area contributed by atoms with E-state index >= 15 is 0 Å². The van der Waals surface area contributed by atoms with Gasteiger partial charge < -0.3 is 14.8 Å². The summed E-state index contributed by atoms with van der Waals surface area (Å²) in [4.78, 5) is 20.2. The van der Waals surface area contributed by atoms with E-state index in [1.54, 1.807) is 0 Å². The summed E-state index contributed by atoms with van der Waals surface area (Å²) in [5, 5.41) is 8.70. The zero-order valence-corrected chi connectivity index (χ0v) is 15.4. The number of aromatic nitrogens is 3. The average Bonchev–Trinajstić information content (AvgIpc) is 3.43. The second-order valence-corrected chi connectivity index (χ2v) is 7.06. The van der Waals surface area contributed by atoms with E-state index in [2.05, 4.69) is 38.3 Å². The van der Waals surface area contributed by atoms with Crippen molar-refractivity contribution in [2.24, 2.45) is 0 Å². The third-order valence-electron chi connectivity index (χ3n) is 5.34. The van der Waals surface area contributed by atoms with Crippen LogP contribution in [0.15, 0.2) is 66.9 Å². The molecule has 0 radical (unpaired) electrons. The highest BCUT2D eigenvalue weighted by molar-refractivity contribution is 5.98. The number of anilines is 1. The summed E-state index contributed by atoms with van der Waals surface area (Å²) in [5.74, 6) is 1.02. The Morgan fingerprint density at radius 3 is 2.57 bits per heavy atom. The van der Waals surface area contributed by atoms with E-state index in [-0.39, 0.29) is 5.91 Å². The number of carbonyl (C=O) groups excluding carboxylic acids is 1. The Kier molecular flexibility index (Phi) is 4.09. The molecule has 1 aliphatic heterocycles. The summed E-state index contributed by atoms with van der Waals surface area (Å²) in [6.07, 6.45) is 1.89. The lowest BCUT2D eigenvalue weighted by molar-refractivity contribution is 0.0746. The molecule has 2 aromatic carbocycles. The first-order valence-electron chi connectivity index (χ1n) is 9.50. The van der Waals surface area contributed by atoms with Gasteiger partial charge in [0.2, 0.25) is 0 Å². The van der Waals surface area contributed by atoms with Gasteiger partial charge in [-0.05, 0) is 29.1 Å². The lowest BCUT2D eigenvalue weighted by atomic mass is 10.1. The van der Waals surface area contributed by atoms with Crippen LogP contribution in [0.3, 0.4) is 0 Å². The Morgan fingerprint density at radius 2 is 1.75 bits per heavy atom. The minimum atomic E-state index is 0.0863. The zero-order chi connectivity index (χ0) is 18.9. The number of nitrogens with one attached hydrogen (secondary N) is 2. The molecular formula is C22H21N5O. The van der Waals surface area contributed by atoms with Crippen LogP contribution in [0.2, 0.25) is 0 Å². The molecule has 0 spiro atoms. The number of amides is 1. The number of fused-ring (bicyclic) bond motifs is 1. The fourth-order valence-corrected chi connectivity index (χ4v) is 3.74. The van der Waals surface area contributed by atoms with Crippen molar-refractivity contribution in [3.8, 4) is 11.3 Å². The number of hydrogen-bond donors (Lipinski definition) is 2. The first-order valence-corrected chi connectivity index (χ1v) is 9.50. The molecule has 140 valence electrons. The van der Waals surface area contributed by atoms with Crippen LogP contribution in [0.4, 0.5) is 5.82 Å². The summed E-state index contributed by atoms with van der Waals surface area (Å²) in [7, 11) is 0. The molecule has 4 aromatic rings. The van der Waals surface area contributed by atoms with E-state index in [1.165, 1.54) is 0 Å². The molecule has 1 amide bonds. The van der Waals surface area contributed by atoms with E-state index in [0.29, 0.717) is 13.1 Å². The summed E-state index contributed by atoms with van der Waals surface area (Å²) in [5.41, 5.74) is 3.85. The number of rotatable bonds is 3. The van der Waals surface area contributed by atoms with Crippen molar-refractivity contribution >= 4 is 22.6 Å². The molecular weight excluding hydrogens is 350 g/mol. The predicted molar refractivity (Wildman–Crippen MR) is 110 cm³/mol. The van der Waals surface area contributed by atoms with E-state index in [9.17, 15) is 4.79 Å². The molecule has 1 fully saturated rings. The monoisotopic (exact) mass is 371 g/mol. The van der Waals surface area contributed by atoms with Gasteiger partial charge in [-0.25, -0.2) is 0 Å². The van der Waals surface area contributed by atoms with Crippen LogP contribution in [0.1, 0.15) is 10.4 Å². The molecule has 28 heavy (non-hydrogen) atoms. The number of benzene rings is 2. The zero-order valence-electron chi connectivity index (χ0n) is 15.4. The fourth-order valence-electron chi connectivity index (χ4n) is 3.74. The maximum atomic E-state index is 12.9. The fraction of sp³-hybridized carbons (Fsp3) is 0.182. The van der Waals surface area contributed by atoms with Crippen molar-refractivity contribution in [3.63, 3.8) is 0 Å². The first-order chi connectivity index (χ1) is 13.8. The Balaban J connectivity index is 1.26. The minimum absolute atomic E-state index is 0.0863. The van der Waals surface area contributed by atoms with Crippen molar-refractivity contribution in [2.75, 3.05) is 31.1 Å². The topological polar surface area (TPSA) is 68.0 Å². The molecule has 1 aliphatic rings. The Morgan fingerprint density at radius 1 is 0.929 bits per heavy atom. The predicted octanol–water partition coefficient (Wildman–Crippen LogP) is 3.52. The first kappa shape index (κ1) is 16.6. The van der Waals surface area contributed by atoms with E-state index in [0.717, 1.165) is 46.6 Å². The molecule has 6 heteroatoms. The summed E-state index contributed by atoms with van der Waals surface area (Å²) in [6, 6.07) is 20.1. The number of piperazine rings is 1. The normalized spacial score (nSPS) is 14.6. The maximum Gasteiger partial charge on any atom is 0.254 e. The average molecular weight is 371 g/mol. The van der Waals surface area contributed by atoms with Crippen LogP contribution in [0, 0.1) is 0 Å². The molecule has 5 rings (SSSR count). The molecule has 0 aliphatic carbocycles. The highest BCUT2D eigenvalue weighted by atomic mass is 16.2. The summed E-state index contributed by atoms with van der Waals surface area (Å²) < 4.78 is 0. The maximum absolute atomic E-state index is 12.9. The lowest BCUT2D eigenvalue weighted by Gasteiger charge is -2.34. The molecule has 6 nitrogen and oxygen atoms in total. The van der Waals surface area contributed by atoms with E-state index < -0.39 is 0 Å². The van der Waals surface area contributed by atoms with Gasteiger partial charge in [-0.1, -0.05) is 36.4 Å². The van der Waals surface area contributed by atoms with Gasteiger partial charge in [-0.3, -0.25) is 9.89 Å². The van der Waals surface area contributed by atoms with Gasteiger partial charge in [-0.2, -0.15) is 5.10 Å². The third-order valence-corrected chi connectivity index (χ3v) is 5.34. The standard InChI is InChI=1S/C22H21N5O/c28-22(18-7-6-17-8-9-23-19(17)14-18)27-12-10-26(11-13-27)21-15-20(24-25-21)16-4-2-1-3-5-16/h1-9,14-15,23H,10-13H2,(H,24,25). The number of aromatic amines is 2. The molecule has 0 atom stereocenters. The van der Waals surface area contributed by atoms with Crippen molar-refractivity contribution in [3.05, 3.63) is 72.4 Å². The van der Waals surface area contributed by atoms with Gasteiger partial charge in [0, 0.05) is 49.5 Å². The second-order valence-electron chi connectivity index (χ2n) is 7.06. The van der Waals surface area contributed by atoms with E-state index in [1.807, 2.05) is 53.6 Å². The van der Waals surface area contributed by atoms with Crippen LogP contribution in [-0.2, 0) is 0 Å². The molecule has 0 saturated carbocycles. The van der Waals surface area contributed by atoms with Gasteiger partial charge in [0.1, 0.15) is 0 Å². The SMILES string of the molecule is O=C(c1ccc2cc[nH]c2c1)N1CCN(c2cc(-c3ccccc3)[nH]n2)CC1. The minimum Gasteiger partial charge on any atom is -0.361 e. The second kappa shape index (κ2) is 6.88. The van der Waals surface area contributed by atoms with Crippen molar-refractivity contribution in [2.45, 2.75) is 0 Å². The molecule has 3 heterocycles. The Labute approximate surface area is 162 Å². The highest BCUT2D eigenvalue weighted by Gasteiger charge is 2.23. The third kappa shape index (κ3) is 3.03. The Bertz CT molecular complexity index is 1110. The van der Waals surface area contributed by atoms with Crippen molar-refractivity contribution < 1.29 is 4.79 Å². The van der Waals surface area contributed by atoms with Crippen LogP contribution in [0.25, 0.3) is 22.2 Å². The van der Waals surface area contributed by atoms with Crippen molar-refractivity contribution in [1.29, 1.82) is 0 Å². The molecule has 0 unspecified atom stereocenters. The van der Waals surface area contributed by atoms with Gasteiger partial charge >= 0.3 is 0 Å². The number of hydrogen-bond acceptors (Lipinski definition) is 3. The van der Waals surface area contributed by atoms with Gasteiger partial charge in [0.25, 0.3) is 5.91 Å². The van der Waals surface area contributed by atoms with Gasteiger partial charge in [0.15, 0.2) is 5.82 Å². The molecule has 0 bridgehead atoms. The van der Waals surface area contributed by atoms with Gasteiger partial charge in [-0.15, -0.1) is 0 Å². The highest BCUT2D eigenvalue weighted by Crippen LogP contribution is 2.23. The largest absolute Gasteiger partial charge is 0.361 e. The van der Waals surface area contributed by atoms with Crippen LogP contribution in [0.5, 0.6) is 0 Å². The number of carbonyl (C=O) groups is 1. The molecule has 2 N–H and O–H groups in total. The smallest absolute Gasteiger partial charge is 0.254 e. The quantitative estimate of drug-likeness (QED) is 0.579. The Hall–Kier alpha value is -3.54.